The van der Waals surface area contributed by atoms with Gasteiger partial charge in [0.25, 0.3) is 0 Å². The van der Waals surface area contributed by atoms with Gasteiger partial charge in [-0.15, -0.1) is 0 Å². The van der Waals surface area contributed by atoms with Crippen LogP contribution in [0, 0.1) is 0 Å². The molecule has 0 bridgehead atoms. The smallest absolute Gasteiger partial charge is 0.333 e. The maximum absolute atomic E-state index is 11.5. The van der Waals surface area contributed by atoms with Gasteiger partial charge in [0.2, 0.25) is 0 Å². The van der Waals surface area contributed by atoms with Crippen molar-refractivity contribution in [3.05, 3.63) is 12.2 Å². The van der Waals surface area contributed by atoms with Gasteiger partial charge in [0.15, 0.2) is 0 Å². The van der Waals surface area contributed by atoms with Crippen molar-refractivity contribution in [3.63, 3.8) is 0 Å². The third kappa shape index (κ3) is 17.3. The van der Waals surface area contributed by atoms with Crippen molar-refractivity contribution < 1.29 is 23.5 Å². The van der Waals surface area contributed by atoms with Gasteiger partial charge < -0.3 is 14.0 Å². The van der Waals surface area contributed by atoms with Crippen LogP contribution in [0.2, 0.25) is 0 Å². The molecule has 0 spiro atoms. The minimum Gasteiger partial charge on any atom is -0.462 e. The highest BCUT2D eigenvalue weighted by Gasteiger charge is 2.06. The number of esters is 2. The first-order valence-corrected chi connectivity index (χ1v) is 9.51. The van der Waals surface area contributed by atoms with Crippen LogP contribution in [0.15, 0.2) is 12.2 Å². The highest BCUT2D eigenvalue weighted by molar-refractivity contribution is 5.86. The number of quaternary nitrogens is 1. The van der Waals surface area contributed by atoms with Gasteiger partial charge in [-0.25, -0.2) is 4.79 Å². The Bertz CT molecular complexity index is 399. The Morgan fingerprint density at radius 1 is 0.800 bits per heavy atom. The monoisotopic (exact) mass is 356 g/mol. The largest absolute Gasteiger partial charge is 0.462 e. The summed E-state index contributed by atoms with van der Waals surface area (Å²) in [5.74, 6) is -0.666. The molecule has 0 fully saturated rings. The highest BCUT2D eigenvalue weighted by Crippen LogP contribution is 2.10. The molecule has 0 aliphatic heterocycles. The second-order valence-electron chi connectivity index (χ2n) is 7.73. The molecule has 0 radical (unpaired) electrons. The molecule has 146 valence electrons. The predicted octanol–water partition coefficient (Wildman–Crippen LogP) is 3.87. The summed E-state index contributed by atoms with van der Waals surface area (Å²) >= 11 is 0. The van der Waals surface area contributed by atoms with Gasteiger partial charge in [-0.1, -0.05) is 38.7 Å². The fraction of sp³-hybridized carbons (Fsp3) is 0.800. The molecule has 0 heterocycles. The molecule has 0 aromatic heterocycles. The fourth-order valence-electron chi connectivity index (χ4n) is 2.40. The van der Waals surface area contributed by atoms with Crippen LogP contribution in [-0.2, 0) is 19.1 Å². The van der Waals surface area contributed by atoms with E-state index in [4.69, 9.17) is 9.47 Å². The lowest BCUT2D eigenvalue weighted by molar-refractivity contribution is -0.870. The molecule has 5 heteroatoms. The number of unbranched alkanes of at least 4 members (excludes halogenated alkanes) is 7. The predicted molar refractivity (Wildman–Crippen MR) is 101 cm³/mol. The highest BCUT2D eigenvalue weighted by atomic mass is 16.6. The summed E-state index contributed by atoms with van der Waals surface area (Å²) in [5.41, 5.74) is 0.347. The molecule has 0 aromatic carbocycles. The van der Waals surface area contributed by atoms with Crippen molar-refractivity contribution in [1.29, 1.82) is 0 Å². The number of carbonyl (C=O) groups is 2. The maximum atomic E-state index is 11.5. The van der Waals surface area contributed by atoms with Crippen molar-refractivity contribution in [2.75, 3.05) is 40.9 Å². The van der Waals surface area contributed by atoms with E-state index in [9.17, 15) is 9.59 Å². The summed E-state index contributed by atoms with van der Waals surface area (Å²) in [6.45, 7) is 6.51. The molecule has 0 aliphatic rings. The molecule has 0 unspecified atom stereocenters. The fourth-order valence-corrected chi connectivity index (χ4v) is 2.40. The Morgan fingerprint density at radius 3 is 1.80 bits per heavy atom. The molecule has 0 rings (SSSR count). The van der Waals surface area contributed by atoms with E-state index in [1.165, 1.54) is 45.1 Å². The van der Waals surface area contributed by atoms with Gasteiger partial charge >= 0.3 is 11.9 Å². The third-order valence-electron chi connectivity index (χ3n) is 3.89. The number of rotatable bonds is 15. The van der Waals surface area contributed by atoms with Gasteiger partial charge in [0.1, 0.15) is 13.2 Å². The van der Waals surface area contributed by atoms with Crippen LogP contribution in [0.4, 0.5) is 0 Å². The normalized spacial score (nSPS) is 11.2. The Balaban J connectivity index is 3.32. The first-order valence-electron chi connectivity index (χ1n) is 9.51. The molecule has 5 nitrogen and oxygen atoms in total. The van der Waals surface area contributed by atoms with Crippen molar-refractivity contribution in [2.24, 2.45) is 0 Å². The zero-order chi connectivity index (χ0) is 19.1. The summed E-state index contributed by atoms with van der Waals surface area (Å²) in [6.07, 6.45) is 10.0. The van der Waals surface area contributed by atoms with Crippen LogP contribution >= 0.6 is 0 Å². The zero-order valence-corrected chi connectivity index (χ0v) is 16.8. The van der Waals surface area contributed by atoms with Crippen LogP contribution < -0.4 is 0 Å². The number of hydrogen-bond acceptors (Lipinski definition) is 4. The Hall–Kier alpha value is -1.36. The first kappa shape index (κ1) is 23.6. The van der Waals surface area contributed by atoms with Crippen LogP contribution in [0.1, 0.15) is 64.7 Å². The Morgan fingerprint density at radius 2 is 1.28 bits per heavy atom. The van der Waals surface area contributed by atoms with E-state index in [1.54, 1.807) is 6.92 Å². The molecule has 0 saturated carbocycles. The topological polar surface area (TPSA) is 52.6 Å². The van der Waals surface area contributed by atoms with E-state index in [0.717, 1.165) is 17.3 Å². The van der Waals surface area contributed by atoms with Crippen LogP contribution in [0.25, 0.3) is 0 Å². The van der Waals surface area contributed by atoms with E-state index in [0.29, 0.717) is 12.0 Å². The first-order chi connectivity index (χ1) is 11.7. The van der Waals surface area contributed by atoms with Gasteiger partial charge in [-0.2, -0.15) is 0 Å². The van der Waals surface area contributed by atoms with E-state index in [2.05, 4.69) is 27.7 Å². The van der Waals surface area contributed by atoms with Crippen molar-refractivity contribution in [2.45, 2.75) is 64.7 Å². The van der Waals surface area contributed by atoms with E-state index in [1.807, 2.05) is 0 Å². The van der Waals surface area contributed by atoms with E-state index < -0.39 is 5.97 Å². The number of hydrogen-bond donors (Lipinski definition) is 0. The second kappa shape index (κ2) is 13.9. The van der Waals surface area contributed by atoms with Crippen molar-refractivity contribution in [3.8, 4) is 0 Å². The van der Waals surface area contributed by atoms with Crippen molar-refractivity contribution in [1.82, 2.24) is 0 Å². The number of ether oxygens (including phenoxy) is 2. The van der Waals surface area contributed by atoms with E-state index in [-0.39, 0.29) is 19.2 Å². The summed E-state index contributed by atoms with van der Waals surface area (Å²) in [4.78, 5) is 22.7. The summed E-state index contributed by atoms with van der Waals surface area (Å²) in [5, 5.41) is 0. The van der Waals surface area contributed by atoms with Crippen LogP contribution in [-0.4, -0.2) is 57.3 Å². The van der Waals surface area contributed by atoms with Crippen LogP contribution in [0.5, 0.6) is 0 Å². The Labute approximate surface area is 154 Å². The number of nitrogens with zero attached hydrogens (tertiary/aromatic N) is 1. The minimum absolute atomic E-state index is 0.0888. The van der Waals surface area contributed by atoms with Crippen molar-refractivity contribution >= 4 is 11.9 Å². The van der Waals surface area contributed by atoms with Crippen LogP contribution in [0.3, 0.4) is 0 Å². The molecular weight excluding hydrogens is 318 g/mol. The molecule has 0 N–H and O–H groups in total. The van der Waals surface area contributed by atoms with Gasteiger partial charge in [0.05, 0.1) is 27.7 Å². The molecule has 0 aromatic rings. The summed E-state index contributed by atoms with van der Waals surface area (Å²) in [7, 11) is 6.71. The third-order valence-corrected chi connectivity index (χ3v) is 3.89. The average Bonchev–Trinajstić information content (AvgIpc) is 2.51. The lowest BCUT2D eigenvalue weighted by Gasteiger charge is -2.23. The van der Waals surface area contributed by atoms with Gasteiger partial charge in [0, 0.05) is 12.0 Å². The summed E-state index contributed by atoms with van der Waals surface area (Å²) in [6, 6.07) is 0. The molecule has 0 saturated heterocycles. The second-order valence-corrected chi connectivity index (χ2v) is 7.73. The van der Waals surface area contributed by atoms with Gasteiger partial charge in [-0.3, -0.25) is 4.79 Å². The number of carbonyl (C=O) groups excluding carboxylic acids is 2. The quantitative estimate of drug-likeness (QED) is 0.193. The molecular formula is C20H38NO4+. The lowest BCUT2D eigenvalue weighted by atomic mass is 10.1. The van der Waals surface area contributed by atoms with Gasteiger partial charge in [-0.05, 0) is 26.2 Å². The standard InChI is InChI=1S/C20H38NO4/c1-18(2)20(23)25-17-16-24-19(22)14-12-10-8-6-7-9-11-13-15-21(3,4)5/h1,6-17H2,2-5H3/q+1. The molecule has 0 atom stereocenters. The maximum Gasteiger partial charge on any atom is 0.333 e. The lowest BCUT2D eigenvalue weighted by Crippen LogP contribution is -2.35. The molecule has 0 aliphatic carbocycles. The Kier molecular flexibility index (Phi) is 13.1. The molecule has 0 amide bonds. The minimum atomic E-state index is -0.450. The average molecular weight is 357 g/mol. The SMILES string of the molecule is C=C(C)C(=O)OCCOC(=O)CCCCCCCCCC[N+](C)(C)C. The zero-order valence-electron chi connectivity index (χ0n) is 16.8. The van der Waals surface area contributed by atoms with E-state index >= 15 is 0 Å². The summed E-state index contributed by atoms with van der Waals surface area (Å²) < 4.78 is 10.9. The molecule has 25 heavy (non-hydrogen) atoms.